The predicted octanol–water partition coefficient (Wildman–Crippen LogP) is 2.48. The average molecular weight is 330 g/mol. The fourth-order valence-electron chi connectivity index (χ4n) is 6.20. The number of rotatable bonds is 1. The molecule has 4 nitrogen and oxygen atoms in total. The summed E-state index contributed by atoms with van der Waals surface area (Å²) >= 11 is 0. The van der Waals surface area contributed by atoms with E-state index in [9.17, 15) is 19.8 Å². The minimum atomic E-state index is -1.20. The van der Waals surface area contributed by atoms with Crippen LogP contribution in [0, 0.1) is 17.3 Å². The molecule has 0 spiro atoms. The van der Waals surface area contributed by atoms with Crippen molar-refractivity contribution in [3.05, 3.63) is 22.8 Å². The second kappa shape index (κ2) is 5.12. The number of fused-ring (bicyclic) bond motifs is 4. The van der Waals surface area contributed by atoms with E-state index >= 15 is 0 Å². The van der Waals surface area contributed by atoms with Crippen molar-refractivity contribution in [2.24, 2.45) is 17.3 Å². The zero-order valence-corrected chi connectivity index (χ0v) is 14.5. The first-order valence-electron chi connectivity index (χ1n) is 9.16. The summed E-state index contributed by atoms with van der Waals surface area (Å²) in [5, 5.41) is 21.5. The Balaban J connectivity index is 1.77. The van der Waals surface area contributed by atoms with E-state index in [0.29, 0.717) is 12.3 Å². The van der Waals surface area contributed by atoms with E-state index in [2.05, 4.69) is 6.92 Å². The molecule has 5 atom stereocenters. The normalized spacial score (nSPS) is 44.6. The lowest BCUT2D eigenvalue weighted by molar-refractivity contribution is -0.152. The third kappa shape index (κ3) is 1.93. The molecule has 4 rings (SSSR count). The highest BCUT2D eigenvalue weighted by molar-refractivity contribution is 5.94. The van der Waals surface area contributed by atoms with Crippen LogP contribution in [0.2, 0.25) is 0 Å². The monoisotopic (exact) mass is 330 g/mol. The molecular formula is C20H26O4. The third-order valence-corrected chi connectivity index (χ3v) is 7.49. The lowest BCUT2D eigenvalue weighted by Crippen LogP contribution is -2.53. The van der Waals surface area contributed by atoms with E-state index in [4.69, 9.17) is 0 Å². The van der Waals surface area contributed by atoms with Crippen LogP contribution in [-0.2, 0) is 9.59 Å². The van der Waals surface area contributed by atoms with Gasteiger partial charge >= 0.3 is 0 Å². The number of Topliss-reactive ketones (excluding diaryl/α,β-unsaturated/α-hetero) is 1. The maximum Gasteiger partial charge on any atom is 0.161 e. The van der Waals surface area contributed by atoms with Crippen molar-refractivity contribution in [2.45, 2.75) is 70.5 Å². The molecule has 0 heterocycles. The summed E-state index contributed by atoms with van der Waals surface area (Å²) in [4.78, 5) is 23.9. The van der Waals surface area contributed by atoms with Crippen molar-refractivity contribution in [1.29, 1.82) is 0 Å². The van der Waals surface area contributed by atoms with Crippen molar-refractivity contribution >= 4 is 11.6 Å². The number of aliphatic hydroxyl groups is 2. The number of ketones is 2. The predicted molar refractivity (Wildman–Crippen MR) is 89.2 cm³/mol. The standard InChI is InChI=1S/C20H26O4/c1-11(21)20(24)8-6-16-14-4-3-12-9-13(22)10-17(23)18(12)15(14)5-7-19(16,20)2/h9,14,16-17,23-24H,3-8,10H2,1-2H3/t14-,16+,17?,19+,20+/m1/s1. The minimum absolute atomic E-state index is 0.0211. The molecular weight excluding hydrogens is 304 g/mol. The van der Waals surface area contributed by atoms with Crippen LogP contribution < -0.4 is 0 Å². The smallest absolute Gasteiger partial charge is 0.161 e. The van der Waals surface area contributed by atoms with E-state index in [1.807, 2.05) is 0 Å². The summed E-state index contributed by atoms with van der Waals surface area (Å²) in [6.45, 7) is 3.60. The van der Waals surface area contributed by atoms with Gasteiger partial charge in [-0.15, -0.1) is 0 Å². The van der Waals surface area contributed by atoms with E-state index in [1.165, 1.54) is 12.5 Å². The summed E-state index contributed by atoms with van der Waals surface area (Å²) in [5.74, 6) is 0.525. The summed E-state index contributed by atoms with van der Waals surface area (Å²) in [5.41, 5.74) is 1.75. The molecule has 1 unspecified atom stereocenters. The zero-order chi connectivity index (χ0) is 17.3. The molecule has 0 saturated heterocycles. The molecule has 130 valence electrons. The molecule has 24 heavy (non-hydrogen) atoms. The highest BCUT2D eigenvalue weighted by Crippen LogP contribution is 2.63. The van der Waals surface area contributed by atoms with Gasteiger partial charge in [-0.1, -0.05) is 12.5 Å². The Morgan fingerprint density at radius 3 is 2.71 bits per heavy atom. The number of hydrogen-bond acceptors (Lipinski definition) is 4. The molecule has 4 aliphatic rings. The molecule has 0 aliphatic heterocycles. The van der Waals surface area contributed by atoms with E-state index in [0.717, 1.165) is 43.3 Å². The van der Waals surface area contributed by atoms with Crippen LogP contribution in [-0.4, -0.2) is 33.5 Å². The molecule has 0 radical (unpaired) electrons. The summed E-state index contributed by atoms with van der Waals surface area (Å²) in [7, 11) is 0. The van der Waals surface area contributed by atoms with Gasteiger partial charge in [-0.05, 0) is 74.5 Å². The summed E-state index contributed by atoms with van der Waals surface area (Å²) in [6, 6.07) is 0. The SMILES string of the molecule is CC(=O)[C@@]1(O)CC[C@H]2[C@@H]3CCC4=CC(=O)CC(O)C4=C3CC[C@@]21C. The Morgan fingerprint density at radius 2 is 2.00 bits per heavy atom. The molecule has 0 aromatic heterocycles. The van der Waals surface area contributed by atoms with Gasteiger partial charge < -0.3 is 10.2 Å². The second-order valence-corrected chi connectivity index (χ2v) is 8.42. The van der Waals surface area contributed by atoms with Gasteiger partial charge in [0.15, 0.2) is 11.6 Å². The third-order valence-electron chi connectivity index (χ3n) is 7.49. The molecule has 0 aromatic carbocycles. The van der Waals surface area contributed by atoms with Gasteiger partial charge in [-0.25, -0.2) is 0 Å². The molecule has 2 N–H and O–H groups in total. The number of aliphatic hydroxyl groups excluding tert-OH is 1. The lowest BCUT2D eigenvalue weighted by atomic mass is 9.54. The van der Waals surface area contributed by atoms with Crippen LogP contribution in [0.3, 0.4) is 0 Å². The average Bonchev–Trinajstić information content (AvgIpc) is 2.79. The summed E-state index contributed by atoms with van der Waals surface area (Å²) < 4.78 is 0. The van der Waals surface area contributed by atoms with Crippen molar-refractivity contribution < 1.29 is 19.8 Å². The first kappa shape index (κ1) is 16.2. The van der Waals surface area contributed by atoms with Crippen molar-refractivity contribution in [1.82, 2.24) is 0 Å². The fourth-order valence-corrected chi connectivity index (χ4v) is 6.20. The second-order valence-electron chi connectivity index (χ2n) is 8.42. The Morgan fingerprint density at radius 1 is 1.25 bits per heavy atom. The minimum Gasteiger partial charge on any atom is -0.388 e. The maximum atomic E-state index is 12.2. The highest BCUT2D eigenvalue weighted by atomic mass is 16.3. The van der Waals surface area contributed by atoms with E-state index in [-0.39, 0.29) is 29.3 Å². The van der Waals surface area contributed by atoms with Gasteiger partial charge in [-0.2, -0.15) is 0 Å². The molecule has 0 amide bonds. The van der Waals surface area contributed by atoms with Crippen LogP contribution in [0.15, 0.2) is 22.8 Å². The Labute approximate surface area is 142 Å². The number of allylic oxidation sites excluding steroid dienone is 2. The van der Waals surface area contributed by atoms with Gasteiger partial charge in [0.2, 0.25) is 0 Å². The molecule has 4 heteroatoms. The Bertz CT molecular complexity index is 688. The largest absolute Gasteiger partial charge is 0.388 e. The van der Waals surface area contributed by atoms with Gasteiger partial charge in [-0.3, -0.25) is 9.59 Å². The molecule has 0 bridgehead atoms. The van der Waals surface area contributed by atoms with Crippen molar-refractivity contribution in [3.8, 4) is 0 Å². The first-order valence-corrected chi connectivity index (χ1v) is 9.16. The summed E-state index contributed by atoms with van der Waals surface area (Å²) in [6.07, 6.45) is 6.01. The van der Waals surface area contributed by atoms with E-state index < -0.39 is 11.7 Å². The van der Waals surface area contributed by atoms with Crippen LogP contribution in [0.4, 0.5) is 0 Å². The highest BCUT2D eigenvalue weighted by Gasteiger charge is 2.62. The molecule has 4 aliphatic carbocycles. The quantitative estimate of drug-likeness (QED) is 0.774. The van der Waals surface area contributed by atoms with Gasteiger partial charge in [0.25, 0.3) is 0 Å². The fraction of sp³-hybridized carbons (Fsp3) is 0.700. The topological polar surface area (TPSA) is 74.6 Å². The van der Waals surface area contributed by atoms with Crippen LogP contribution in [0.1, 0.15) is 58.8 Å². The van der Waals surface area contributed by atoms with Gasteiger partial charge in [0, 0.05) is 11.8 Å². The van der Waals surface area contributed by atoms with Crippen molar-refractivity contribution in [2.75, 3.05) is 0 Å². The Kier molecular flexibility index (Phi) is 3.46. The Hall–Kier alpha value is -1.26. The zero-order valence-electron chi connectivity index (χ0n) is 14.5. The van der Waals surface area contributed by atoms with E-state index in [1.54, 1.807) is 6.08 Å². The van der Waals surface area contributed by atoms with Crippen molar-refractivity contribution in [3.63, 3.8) is 0 Å². The van der Waals surface area contributed by atoms with Crippen LogP contribution in [0.5, 0.6) is 0 Å². The number of hydrogen-bond donors (Lipinski definition) is 2. The molecule has 0 aromatic rings. The first-order chi connectivity index (χ1) is 11.3. The van der Waals surface area contributed by atoms with Crippen LogP contribution in [0.25, 0.3) is 0 Å². The lowest BCUT2D eigenvalue weighted by Gasteiger charge is -2.51. The molecule has 2 saturated carbocycles. The molecule has 2 fully saturated rings. The maximum absolute atomic E-state index is 12.2. The van der Waals surface area contributed by atoms with Gasteiger partial charge in [0.1, 0.15) is 5.60 Å². The number of carbonyl (C=O) groups excluding carboxylic acids is 2. The van der Waals surface area contributed by atoms with Crippen LogP contribution >= 0.6 is 0 Å². The number of carbonyl (C=O) groups is 2. The van der Waals surface area contributed by atoms with Gasteiger partial charge in [0.05, 0.1) is 6.10 Å².